The fraction of sp³-hybridized carbons (Fsp3) is 0.259. The lowest BCUT2D eigenvalue weighted by atomic mass is 10.1. The van der Waals surface area contributed by atoms with Crippen LogP contribution in [0, 0.1) is 6.92 Å². The van der Waals surface area contributed by atoms with Gasteiger partial charge in [0.25, 0.3) is 5.91 Å². The number of aryl methyl sites for hydroxylation is 1. The lowest BCUT2D eigenvalue weighted by molar-refractivity contribution is 0.102. The van der Waals surface area contributed by atoms with Gasteiger partial charge in [0.1, 0.15) is 13.2 Å². The van der Waals surface area contributed by atoms with Crippen LogP contribution in [0.1, 0.15) is 27.9 Å². The van der Waals surface area contributed by atoms with Gasteiger partial charge in [0, 0.05) is 42.6 Å². The van der Waals surface area contributed by atoms with E-state index < -0.39 is 0 Å². The Balaban J connectivity index is 1.25. The van der Waals surface area contributed by atoms with Crippen LogP contribution in [0.5, 0.6) is 11.5 Å². The highest BCUT2D eigenvalue weighted by molar-refractivity contribution is 6.05. The Labute approximate surface area is 198 Å². The maximum absolute atomic E-state index is 13.1. The van der Waals surface area contributed by atoms with Crippen molar-refractivity contribution < 1.29 is 19.1 Å². The number of carbonyl (C=O) groups is 2. The predicted octanol–water partition coefficient (Wildman–Crippen LogP) is 4.85. The van der Waals surface area contributed by atoms with Crippen LogP contribution in [0.15, 0.2) is 66.7 Å². The van der Waals surface area contributed by atoms with Gasteiger partial charge in [0.05, 0.1) is 0 Å². The number of hydrogen-bond donors (Lipinski definition) is 1. The molecule has 1 N–H and O–H groups in total. The quantitative estimate of drug-likeness (QED) is 0.595. The summed E-state index contributed by atoms with van der Waals surface area (Å²) >= 11 is 0. The van der Waals surface area contributed by atoms with Crippen LogP contribution in [0.4, 0.5) is 16.2 Å². The van der Waals surface area contributed by atoms with Crippen molar-refractivity contribution in [3.8, 4) is 11.5 Å². The van der Waals surface area contributed by atoms with E-state index in [2.05, 4.69) is 24.4 Å². The second-order valence-electron chi connectivity index (χ2n) is 8.56. The van der Waals surface area contributed by atoms with Gasteiger partial charge in [-0.2, -0.15) is 0 Å². The third kappa shape index (κ3) is 4.69. The first kappa shape index (κ1) is 21.8. The number of ether oxygens (including phenoxy) is 2. The fourth-order valence-electron chi connectivity index (χ4n) is 4.32. The number of benzene rings is 3. The van der Waals surface area contributed by atoms with Crippen LogP contribution in [0.25, 0.3) is 0 Å². The third-order valence-corrected chi connectivity index (χ3v) is 6.01. The average Bonchev–Trinajstić information content (AvgIpc) is 2.85. The molecule has 7 nitrogen and oxygen atoms in total. The summed E-state index contributed by atoms with van der Waals surface area (Å²) in [6, 6.07) is 20.7. The van der Waals surface area contributed by atoms with Gasteiger partial charge in [-0.25, -0.2) is 4.79 Å². The van der Waals surface area contributed by atoms with Gasteiger partial charge in [0.15, 0.2) is 11.5 Å². The number of hydrogen-bond acceptors (Lipinski definition) is 4. The van der Waals surface area contributed by atoms with Crippen LogP contribution >= 0.6 is 0 Å². The predicted molar refractivity (Wildman–Crippen MR) is 131 cm³/mol. The van der Waals surface area contributed by atoms with Crippen molar-refractivity contribution in [1.82, 2.24) is 4.90 Å². The first-order valence-corrected chi connectivity index (χ1v) is 11.5. The van der Waals surface area contributed by atoms with E-state index in [1.807, 2.05) is 29.2 Å². The topological polar surface area (TPSA) is 71.1 Å². The Morgan fingerprint density at radius 1 is 0.941 bits per heavy atom. The molecule has 1 fully saturated rings. The smallest absolute Gasteiger partial charge is 0.324 e. The van der Waals surface area contributed by atoms with Crippen LogP contribution in [0.3, 0.4) is 0 Å². The molecule has 2 aliphatic heterocycles. The van der Waals surface area contributed by atoms with Gasteiger partial charge in [-0.15, -0.1) is 0 Å². The molecule has 0 aromatic heterocycles. The number of carbonyl (C=O) groups excluding carboxylic acids is 2. The molecule has 0 bridgehead atoms. The largest absolute Gasteiger partial charge is 0.486 e. The van der Waals surface area contributed by atoms with E-state index in [1.54, 1.807) is 35.2 Å². The molecular formula is C27H27N3O4. The number of fused-ring (bicyclic) bond motifs is 1. The molecule has 0 aliphatic carbocycles. The monoisotopic (exact) mass is 457 g/mol. The van der Waals surface area contributed by atoms with Crippen molar-refractivity contribution in [3.63, 3.8) is 0 Å². The molecule has 3 amide bonds. The highest BCUT2D eigenvalue weighted by atomic mass is 16.6. The number of rotatable bonds is 5. The molecule has 2 heterocycles. The second-order valence-corrected chi connectivity index (χ2v) is 8.56. The number of amides is 3. The van der Waals surface area contributed by atoms with Crippen LogP contribution in [-0.4, -0.2) is 43.1 Å². The molecule has 0 radical (unpaired) electrons. The van der Waals surface area contributed by atoms with Crippen molar-refractivity contribution >= 4 is 23.3 Å². The minimum absolute atomic E-state index is 0.0127. The zero-order chi connectivity index (χ0) is 23.5. The van der Waals surface area contributed by atoms with E-state index in [9.17, 15) is 9.59 Å². The maximum Gasteiger partial charge on any atom is 0.324 e. The van der Waals surface area contributed by atoms with E-state index in [-0.39, 0.29) is 11.9 Å². The van der Waals surface area contributed by atoms with E-state index in [0.717, 1.165) is 24.2 Å². The first-order chi connectivity index (χ1) is 16.6. The summed E-state index contributed by atoms with van der Waals surface area (Å²) in [5, 5.41) is 2.89. The molecule has 0 saturated carbocycles. The summed E-state index contributed by atoms with van der Waals surface area (Å²) in [7, 11) is 0. The molecule has 1 saturated heterocycles. The van der Waals surface area contributed by atoms with Gasteiger partial charge < -0.3 is 19.7 Å². The molecular weight excluding hydrogens is 430 g/mol. The van der Waals surface area contributed by atoms with E-state index in [1.165, 1.54) is 5.56 Å². The second kappa shape index (κ2) is 9.47. The Morgan fingerprint density at radius 3 is 2.53 bits per heavy atom. The molecule has 7 heteroatoms. The normalized spacial score (nSPS) is 15.3. The zero-order valence-electron chi connectivity index (χ0n) is 19.1. The lowest BCUT2D eigenvalue weighted by Gasteiger charge is -2.35. The summed E-state index contributed by atoms with van der Waals surface area (Å²) < 4.78 is 11.1. The molecule has 174 valence electrons. The van der Waals surface area contributed by atoms with Gasteiger partial charge in [-0.3, -0.25) is 9.69 Å². The Hall–Kier alpha value is -4.00. The summed E-state index contributed by atoms with van der Waals surface area (Å²) in [6.45, 7) is 5.05. The van der Waals surface area contributed by atoms with Gasteiger partial charge in [-0.05, 0) is 55.3 Å². The van der Waals surface area contributed by atoms with Crippen molar-refractivity contribution in [2.45, 2.75) is 19.9 Å². The first-order valence-electron chi connectivity index (χ1n) is 11.5. The number of nitrogens with zero attached hydrogens (tertiary/aromatic N) is 2. The molecule has 0 spiro atoms. The van der Waals surface area contributed by atoms with Crippen molar-refractivity contribution in [3.05, 3.63) is 83.4 Å². The lowest BCUT2D eigenvalue weighted by Crippen LogP contribution is -2.49. The third-order valence-electron chi connectivity index (χ3n) is 6.01. The summed E-state index contributed by atoms with van der Waals surface area (Å²) in [5.74, 6) is 1.07. The summed E-state index contributed by atoms with van der Waals surface area (Å²) in [5.41, 5.74) is 4.25. The van der Waals surface area contributed by atoms with E-state index in [0.29, 0.717) is 49.1 Å². The molecule has 3 aromatic carbocycles. The summed E-state index contributed by atoms with van der Waals surface area (Å²) in [6.07, 6.45) is 0.893. The Bertz CT molecular complexity index is 1210. The molecule has 0 unspecified atom stereocenters. The molecule has 34 heavy (non-hydrogen) atoms. The molecule has 5 rings (SSSR count). The number of anilines is 2. The highest BCUT2D eigenvalue weighted by Crippen LogP contribution is 2.32. The zero-order valence-corrected chi connectivity index (χ0v) is 19.1. The minimum Gasteiger partial charge on any atom is -0.486 e. The Morgan fingerprint density at radius 2 is 1.74 bits per heavy atom. The molecule has 3 aromatic rings. The van der Waals surface area contributed by atoms with Gasteiger partial charge in [0.2, 0.25) is 0 Å². The van der Waals surface area contributed by atoms with Crippen LogP contribution in [-0.2, 0) is 6.54 Å². The Kier molecular flexibility index (Phi) is 6.08. The standard InChI is InChI=1S/C27H27N3O4/c1-19-4-2-5-20(16-19)18-29-12-3-13-30(27(29)32)23-9-6-21(7-10-23)26(31)28-22-8-11-24-25(17-22)34-15-14-33-24/h2,4-11,16-17H,3,12-15,18H2,1H3,(H,28,31). The van der Waals surface area contributed by atoms with Crippen molar-refractivity contribution in [1.29, 1.82) is 0 Å². The minimum atomic E-state index is -0.228. The number of urea groups is 1. The summed E-state index contributed by atoms with van der Waals surface area (Å²) in [4.78, 5) is 29.5. The van der Waals surface area contributed by atoms with Crippen molar-refractivity contribution in [2.75, 3.05) is 36.5 Å². The maximum atomic E-state index is 13.1. The van der Waals surface area contributed by atoms with Crippen molar-refractivity contribution in [2.24, 2.45) is 0 Å². The van der Waals surface area contributed by atoms with Crippen LogP contribution < -0.4 is 19.7 Å². The molecule has 2 aliphatic rings. The molecule has 0 atom stereocenters. The SMILES string of the molecule is Cc1cccc(CN2CCCN(c3ccc(C(=O)Nc4ccc5c(c4)OCCO5)cc3)C2=O)c1. The highest BCUT2D eigenvalue weighted by Gasteiger charge is 2.27. The van der Waals surface area contributed by atoms with E-state index in [4.69, 9.17) is 9.47 Å². The number of nitrogens with one attached hydrogen (secondary N) is 1. The van der Waals surface area contributed by atoms with Gasteiger partial charge in [-0.1, -0.05) is 29.8 Å². The average molecular weight is 458 g/mol. The van der Waals surface area contributed by atoms with E-state index >= 15 is 0 Å². The van der Waals surface area contributed by atoms with Gasteiger partial charge >= 0.3 is 6.03 Å². The fourth-order valence-corrected chi connectivity index (χ4v) is 4.32. The van der Waals surface area contributed by atoms with Crippen LogP contribution in [0.2, 0.25) is 0 Å².